The van der Waals surface area contributed by atoms with Crippen molar-refractivity contribution in [2.24, 2.45) is 0 Å². The second kappa shape index (κ2) is 9.70. The highest BCUT2D eigenvalue weighted by Gasteiger charge is 2.40. The molecule has 1 aromatic carbocycles. The second-order valence-electron chi connectivity index (χ2n) is 9.23. The smallest absolute Gasteiger partial charge is 0.303 e. The van der Waals surface area contributed by atoms with E-state index in [0.29, 0.717) is 30.7 Å². The predicted octanol–water partition coefficient (Wildman–Crippen LogP) is 0.628. The quantitative estimate of drug-likeness (QED) is 0.503. The number of fused-ring (bicyclic) bond motifs is 1. The van der Waals surface area contributed by atoms with Crippen LogP contribution in [0.3, 0.4) is 0 Å². The number of aryl methyl sites for hydroxylation is 1. The van der Waals surface area contributed by atoms with Gasteiger partial charge in [-0.2, -0.15) is 0 Å². The summed E-state index contributed by atoms with van der Waals surface area (Å²) in [4.78, 5) is 29.0. The number of amides is 1. The molecule has 2 aliphatic rings. The number of piperidine rings is 1. The minimum Gasteiger partial charge on any atom is -0.458 e. The average molecular weight is 483 g/mol. The largest absolute Gasteiger partial charge is 0.458 e. The zero-order chi connectivity index (χ0) is 24.5. The number of aromatic nitrogens is 6. The van der Waals surface area contributed by atoms with Crippen LogP contribution in [0.15, 0.2) is 24.4 Å². The van der Waals surface area contributed by atoms with Gasteiger partial charge in [-0.1, -0.05) is 10.4 Å². The van der Waals surface area contributed by atoms with Gasteiger partial charge in [-0.3, -0.25) is 14.5 Å². The molecule has 0 spiro atoms. The zero-order valence-electron chi connectivity index (χ0n) is 19.9. The number of nitrogens with zero attached hydrogens (tertiary/aromatic N) is 8. The van der Waals surface area contributed by atoms with E-state index in [1.807, 2.05) is 19.2 Å². The van der Waals surface area contributed by atoms with Crippen LogP contribution in [-0.4, -0.2) is 95.2 Å². The molecule has 0 saturated carbocycles. The van der Waals surface area contributed by atoms with Crippen molar-refractivity contribution in [2.45, 2.75) is 58.0 Å². The van der Waals surface area contributed by atoms with E-state index < -0.39 is 12.1 Å². The molecule has 2 aliphatic heterocycles. The van der Waals surface area contributed by atoms with E-state index in [0.717, 1.165) is 37.1 Å². The van der Waals surface area contributed by atoms with Crippen molar-refractivity contribution in [3.05, 3.63) is 35.7 Å². The third kappa shape index (κ3) is 4.89. The Morgan fingerprint density at radius 3 is 2.69 bits per heavy atom. The molecule has 0 radical (unpaired) electrons. The number of hydrogen-bond donors (Lipinski definition) is 1. The third-order valence-corrected chi connectivity index (χ3v) is 6.74. The molecule has 2 atom stereocenters. The topological polar surface area (TPSA) is 132 Å². The number of carbonyl (C=O) groups excluding carboxylic acids is 2. The number of likely N-dealkylation sites (tertiary alicyclic amines) is 2. The molecule has 5 rings (SSSR count). The standard InChI is InChI=1S/C23H30N8O4/c1-3-30-20-5-4-16(10-19(20)25-27-30)23(34)29-13-21(22(14-29)35-15(2)32)31-12-17(24-26-31)11-28-8-6-18(33)7-9-28/h4-5,10,12,18,21-22,33H,3,6-9,11,13-14H2,1-2H3/t21-,22+/m0/s1. The van der Waals surface area contributed by atoms with E-state index in [9.17, 15) is 14.7 Å². The van der Waals surface area contributed by atoms with Gasteiger partial charge in [-0.05, 0) is 38.0 Å². The number of aliphatic hydroxyl groups excluding tert-OH is 1. The van der Waals surface area contributed by atoms with Crippen molar-refractivity contribution in [3.63, 3.8) is 0 Å². The highest BCUT2D eigenvalue weighted by molar-refractivity contribution is 5.97. The Balaban J connectivity index is 1.31. The molecule has 35 heavy (non-hydrogen) atoms. The van der Waals surface area contributed by atoms with Gasteiger partial charge >= 0.3 is 5.97 Å². The van der Waals surface area contributed by atoms with Crippen LogP contribution in [0.4, 0.5) is 0 Å². The lowest BCUT2D eigenvalue weighted by molar-refractivity contribution is -0.147. The van der Waals surface area contributed by atoms with Crippen LogP contribution in [0.2, 0.25) is 0 Å². The molecule has 3 aromatic rings. The number of ether oxygens (including phenoxy) is 1. The monoisotopic (exact) mass is 482 g/mol. The van der Waals surface area contributed by atoms with Gasteiger partial charge in [0.25, 0.3) is 5.91 Å². The Hall–Kier alpha value is -3.38. The summed E-state index contributed by atoms with van der Waals surface area (Å²) < 4.78 is 9.05. The number of carbonyl (C=O) groups is 2. The zero-order valence-corrected chi connectivity index (χ0v) is 19.9. The summed E-state index contributed by atoms with van der Waals surface area (Å²) in [5.41, 5.74) is 2.85. The van der Waals surface area contributed by atoms with Crippen molar-refractivity contribution in [3.8, 4) is 0 Å². The number of esters is 1. The molecule has 0 unspecified atom stereocenters. The molecule has 12 heteroatoms. The van der Waals surface area contributed by atoms with E-state index in [1.165, 1.54) is 6.92 Å². The van der Waals surface area contributed by atoms with Gasteiger partial charge in [0.15, 0.2) is 0 Å². The molecule has 186 valence electrons. The molecule has 2 saturated heterocycles. The fourth-order valence-corrected chi connectivity index (χ4v) is 4.88. The van der Waals surface area contributed by atoms with Crippen molar-refractivity contribution in [1.29, 1.82) is 0 Å². The molecule has 1 N–H and O–H groups in total. The second-order valence-corrected chi connectivity index (χ2v) is 9.23. The molecule has 2 aromatic heterocycles. The van der Waals surface area contributed by atoms with E-state index >= 15 is 0 Å². The first kappa shape index (κ1) is 23.4. The first-order valence-corrected chi connectivity index (χ1v) is 12.0. The van der Waals surface area contributed by atoms with Crippen LogP contribution in [0.25, 0.3) is 11.0 Å². The predicted molar refractivity (Wildman–Crippen MR) is 124 cm³/mol. The van der Waals surface area contributed by atoms with Gasteiger partial charge in [-0.15, -0.1) is 10.2 Å². The summed E-state index contributed by atoms with van der Waals surface area (Å²) in [5.74, 6) is -0.566. The van der Waals surface area contributed by atoms with Crippen molar-refractivity contribution < 1.29 is 19.4 Å². The number of rotatable bonds is 6. The van der Waals surface area contributed by atoms with Crippen LogP contribution < -0.4 is 0 Å². The highest BCUT2D eigenvalue weighted by atomic mass is 16.5. The summed E-state index contributed by atoms with van der Waals surface area (Å²) in [7, 11) is 0. The SMILES string of the molecule is CCn1nnc2cc(C(=O)N3C[C@@H](OC(C)=O)[C@@H](n4cc(CN5CCC(O)CC5)nn4)C3)ccc21. The minimum atomic E-state index is -0.527. The Labute approximate surface area is 202 Å². The summed E-state index contributed by atoms with van der Waals surface area (Å²) in [6.45, 7) is 6.92. The normalized spacial score (nSPS) is 21.6. The molecular formula is C23H30N8O4. The molecule has 0 bridgehead atoms. The number of hydrogen-bond acceptors (Lipinski definition) is 9. The van der Waals surface area contributed by atoms with Crippen LogP contribution in [-0.2, 0) is 22.6 Å². The fourth-order valence-electron chi connectivity index (χ4n) is 4.88. The van der Waals surface area contributed by atoms with E-state index in [4.69, 9.17) is 4.74 Å². The highest BCUT2D eigenvalue weighted by Crippen LogP contribution is 2.27. The van der Waals surface area contributed by atoms with E-state index in [-0.39, 0.29) is 24.6 Å². The molecule has 4 heterocycles. The molecule has 12 nitrogen and oxygen atoms in total. The maximum Gasteiger partial charge on any atom is 0.303 e. The Bertz CT molecular complexity index is 1220. The van der Waals surface area contributed by atoms with E-state index in [2.05, 4.69) is 25.5 Å². The summed E-state index contributed by atoms with van der Waals surface area (Å²) in [6, 6.07) is 5.04. The average Bonchev–Trinajstić information content (AvgIpc) is 3.57. The summed E-state index contributed by atoms with van der Waals surface area (Å²) in [6.07, 6.45) is 2.61. The molecule has 2 fully saturated rings. The first-order valence-electron chi connectivity index (χ1n) is 12.0. The summed E-state index contributed by atoms with van der Waals surface area (Å²) >= 11 is 0. The van der Waals surface area contributed by atoms with Gasteiger partial charge in [-0.25, -0.2) is 9.36 Å². The maximum absolute atomic E-state index is 13.3. The van der Waals surface area contributed by atoms with Crippen molar-refractivity contribution in [2.75, 3.05) is 26.2 Å². The van der Waals surface area contributed by atoms with Gasteiger partial charge in [0.1, 0.15) is 17.7 Å². The number of aliphatic hydroxyl groups is 1. The lowest BCUT2D eigenvalue weighted by atomic mass is 10.1. The third-order valence-electron chi connectivity index (χ3n) is 6.74. The molecule has 1 amide bonds. The van der Waals surface area contributed by atoms with Gasteiger partial charge in [0.05, 0.1) is 30.1 Å². The Morgan fingerprint density at radius 2 is 1.94 bits per heavy atom. The van der Waals surface area contributed by atoms with Gasteiger partial charge in [0, 0.05) is 45.2 Å². The summed E-state index contributed by atoms with van der Waals surface area (Å²) in [5, 5.41) is 26.6. The van der Waals surface area contributed by atoms with E-state index in [1.54, 1.807) is 26.4 Å². The fraction of sp³-hybridized carbons (Fsp3) is 0.565. The molecular weight excluding hydrogens is 452 g/mol. The van der Waals surface area contributed by atoms with Crippen LogP contribution in [0, 0.1) is 0 Å². The van der Waals surface area contributed by atoms with Crippen LogP contribution >= 0.6 is 0 Å². The van der Waals surface area contributed by atoms with Gasteiger partial charge in [0.2, 0.25) is 0 Å². The lowest BCUT2D eigenvalue weighted by Gasteiger charge is -2.28. The van der Waals surface area contributed by atoms with Crippen molar-refractivity contribution >= 4 is 22.9 Å². The lowest BCUT2D eigenvalue weighted by Crippen LogP contribution is -2.35. The first-order chi connectivity index (χ1) is 16.9. The Morgan fingerprint density at radius 1 is 1.14 bits per heavy atom. The Kier molecular flexibility index (Phi) is 6.48. The maximum atomic E-state index is 13.3. The van der Waals surface area contributed by atoms with Crippen LogP contribution in [0.1, 0.15) is 48.8 Å². The minimum absolute atomic E-state index is 0.162. The molecule has 0 aliphatic carbocycles. The van der Waals surface area contributed by atoms with Crippen LogP contribution in [0.5, 0.6) is 0 Å². The van der Waals surface area contributed by atoms with Crippen molar-refractivity contribution in [1.82, 2.24) is 39.8 Å². The van der Waals surface area contributed by atoms with Gasteiger partial charge < -0.3 is 14.7 Å². The number of benzene rings is 1.